The summed E-state index contributed by atoms with van der Waals surface area (Å²) < 4.78 is 28.4. The summed E-state index contributed by atoms with van der Waals surface area (Å²) >= 11 is 0. The number of piperidine rings is 2. The van der Waals surface area contributed by atoms with E-state index in [9.17, 15) is 13.2 Å². The van der Waals surface area contributed by atoms with Gasteiger partial charge in [0.05, 0.1) is 5.92 Å². The highest BCUT2D eigenvalue weighted by Crippen LogP contribution is 2.29. The number of rotatable bonds is 3. The molecule has 0 amide bonds. The predicted molar refractivity (Wildman–Crippen MR) is 75.4 cm³/mol. The average Bonchev–Trinajstić information content (AvgIpc) is 2.41. The zero-order chi connectivity index (χ0) is 14.9. The molecule has 1 N–H and O–H groups in total. The molecule has 2 heterocycles. The molecule has 0 aliphatic carbocycles. The molecule has 0 aromatic heterocycles. The third kappa shape index (κ3) is 2.99. The highest BCUT2D eigenvalue weighted by Gasteiger charge is 2.40. The number of aliphatic carboxylic acids is 1. The molecule has 0 aromatic rings. The molecule has 0 saturated carbocycles. The summed E-state index contributed by atoms with van der Waals surface area (Å²) in [5.74, 6) is -1.13. The van der Waals surface area contributed by atoms with Crippen molar-refractivity contribution in [2.75, 3.05) is 19.6 Å². The molecular formula is C13H24N2O4S. The van der Waals surface area contributed by atoms with Crippen LogP contribution in [0.1, 0.15) is 39.5 Å². The van der Waals surface area contributed by atoms with E-state index in [0.29, 0.717) is 31.8 Å². The second-order valence-corrected chi connectivity index (χ2v) is 7.90. The molecule has 2 rings (SSSR count). The van der Waals surface area contributed by atoms with Crippen molar-refractivity contribution in [3.63, 3.8) is 0 Å². The summed E-state index contributed by atoms with van der Waals surface area (Å²) in [6.45, 7) is 5.10. The van der Waals surface area contributed by atoms with Crippen LogP contribution in [0.25, 0.3) is 0 Å². The molecule has 6 nitrogen and oxygen atoms in total. The molecule has 2 aliphatic heterocycles. The first kappa shape index (κ1) is 15.7. The van der Waals surface area contributed by atoms with Gasteiger partial charge in [0.15, 0.2) is 0 Å². The van der Waals surface area contributed by atoms with Crippen LogP contribution in [0, 0.1) is 11.8 Å². The Balaban J connectivity index is 2.15. The fraction of sp³-hybridized carbons (Fsp3) is 0.923. The monoisotopic (exact) mass is 304 g/mol. The van der Waals surface area contributed by atoms with E-state index in [0.717, 1.165) is 12.8 Å². The zero-order valence-corrected chi connectivity index (χ0v) is 13.0. The van der Waals surface area contributed by atoms with Gasteiger partial charge in [-0.1, -0.05) is 6.92 Å². The third-order valence-electron chi connectivity index (χ3n) is 4.67. The first-order chi connectivity index (χ1) is 9.34. The number of nitrogens with zero attached hydrogens (tertiary/aromatic N) is 2. The standard InChI is InChI=1S/C13H24N2O4S/c1-10-5-3-8-15(11(10)2)20(18,19)14-7-4-6-12(9-14)13(16)17/h10-12H,3-9H2,1-2H3,(H,16,17). The van der Waals surface area contributed by atoms with Gasteiger partial charge in [-0.3, -0.25) is 4.79 Å². The minimum atomic E-state index is -3.53. The maximum Gasteiger partial charge on any atom is 0.307 e. The number of carboxylic acids is 1. The van der Waals surface area contributed by atoms with Crippen molar-refractivity contribution in [3.8, 4) is 0 Å². The number of hydrogen-bond acceptors (Lipinski definition) is 3. The summed E-state index contributed by atoms with van der Waals surface area (Å²) in [6.07, 6.45) is 3.10. The number of carboxylic acid groups (broad SMARTS) is 1. The van der Waals surface area contributed by atoms with Crippen LogP contribution in [-0.4, -0.2) is 53.8 Å². The van der Waals surface area contributed by atoms with Crippen molar-refractivity contribution < 1.29 is 18.3 Å². The lowest BCUT2D eigenvalue weighted by atomic mass is 9.94. The lowest BCUT2D eigenvalue weighted by Crippen LogP contribution is -2.54. The van der Waals surface area contributed by atoms with E-state index in [2.05, 4.69) is 6.92 Å². The number of carbonyl (C=O) groups is 1. The van der Waals surface area contributed by atoms with Crippen molar-refractivity contribution in [1.29, 1.82) is 0 Å². The van der Waals surface area contributed by atoms with Crippen LogP contribution in [0.4, 0.5) is 0 Å². The van der Waals surface area contributed by atoms with Gasteiger partial charge in [-0.25, -0.2) is 0 Å². The topological polar surface area (TPSA) is 77.9 Å². The fourth-order valence-electron chi connectivity index (χ4n) is 3.13. The molecule has 0 radical (unpaired) electrons. The quantitative estimate of drug-likeness (QED) is 0.848. The van der Waals surface area contributed by atoms with Crippen molar-refractivity contribution >= 4 is 16.2 Å². The Morgan fingerprint density at radius 2 is 1.80 bits per heavy atom. The Kier molecular flexibility index (Phi) is 4.71. The Bertz CT molecular complexity index is 465. The molecule has 2 aliphatic rings. The molecule has 2 saturated heterocycles. The van der Waals surface area contributed by atoms with Gasteiger partial charge in [0, 0.05) is 25.7 Å². The van der Waals surface area contributed by atoms with Gasteiger partial charge >= 0.3 is 5.97 Å². The predicted octanol–water partition coefficient (Wildman–Crippen LogP) is 1.15. The van der Waals surface area contributed by atoms with Gasteiger partial charge in [0.25, 0.3) is 10.2 Å². The molecule has 3 atom stereocenters. The van der Waals surface area contributed by atoms with Crippen LogP contribution in [0.5, 0.6) is 0 Å². The smallest absolute Gasteiger partial charge is 0.307 e. The molecule has 3 unspecified atom stereocenters. The highest BCUT2D eigenvalue weighted by molar-refractivity contribution is 7.86. The summed E-state index contributed by atoms with van der Waals surface area (Å²) in [4.78, 5) is 11.1. The van der Waals surface area contributed by atoms with E-state index in [1.54, 1.807) is 4.31 Å². The van der Waals surface area contributed by atoms with E-state index in [1.165, 1.54) is 4.31 Å². The third-order valence-corrected chi connectivity index (χ3v) is 6.76. The second-order valence-electron chi connectivity index (χ2n) is 6.01. The SMILES string of the molecule is CC1CCCN(S(=O)(=O)N2CCCC(C(=O)O)C2)C1C. The van der Waals surface area contributed by atoms with Crippen LogP contribution in [0.2, 0.25) is 0 Å². The normalized spacial score (nSPS) is 34.0. The lowest BCUT2D eigenvalue weighted by molar-refractivity contribution is -0.142. The Morgan fingerprint density at radius 1 is 1.15 bits per heavy atom. The van der Waals surface area contributed by atoms with Crippen LogP contribution >= 0.6 is 0 Å². The fourth-order valence-corrected chi connectivity index (χ4v) is 5.14. The van der Waals surface area contributed by atoms with Gasteiger partial charge < -0.3 is 5.11 Å². The van der Waals surface area contributed by atoms with E-state index in [4.69, 9.17) is 5.11 Å². The Morgan fingerprint density at radius 3 is 2.45 bits per heavy atom. The Labute approximate surface area is 120 Å². The molecule has 0 bridgehead atoms. The summed E-state index contributed by atoms with van der Waals surface area (Å²) in [7, 11) is -3.53. The molecule has 20 heavy (non-hydrogen) atoms. The van der Waals surface area contributed by atoms with Gasteiger partial charge in [-0.15, -0.1) is 0 Å². The molecule has 7 heteroatoms. The van der Waals surface area contributed by atoms with Crippen molar-refractivity contribution in [1.82, 2.24) is 8.61 Å². The maximum atomic E-state index is 12.7. The van der Waals surface area contributed by atoms with Gasteiger partial charge in [-0.05, 0) is 38.5 Å². The van der Waals surface area contributed by atoms with Crippen molar-refractivity contribution in [2.45, 2.75) is 45.6 Å². The minimum absolute atomic E-state index is 0.0149. The largest absolute Gasteiger partial charge is 0.481 e. The number of hydrogen-bond donors (Lipinski definition) is 1. The van der Waals surface area contributed by atoms with E-state index < -0.39 is 22.1 Å². The van der Waals surface area contributed by atoms with Gasteiger partial charge in [0.1, 0.15) is 0 Å². The minimum Gasteiger partial charge on any atom is -0.481 e. The first-order valence-electron chi connectivity index (χ1n) is 7.33. The summed E-state index contributed by atoms with van der Waals surface area (Å²) in [6, 6.07) is -0.0149. The van der Waals surface area contributed by atoms with E-state index in [-0.39, 0.29) is 12.6 Å². The molecule has 2 fully saturated rings. The highest BCUT2D eigenvalue weighted by atomic mass is 32.2. The van der Waals surface area contributed by atoms with Gasteiger partial charge in [0.2, 0.25) is 0 Å². The van der Waals surface area contributed by atoms with Gasteiger partial charge in [-0.2, -0.15) is 17.0 Å². The molecule has 0 aromatic carbocycles. The molecule has 0 spiro atoms. The van der Waals surface area contributed by atoms with Crippen LogP contribution < -0.4 is 0 Å². The van der Waals surface area contributed by atoms with Crippen molar-refractivity contribution in [3.05, 3.63) is 0 Å². The second kappa shape index (κ2) is 5.99. The molecular weight excluding hydrogens is 280 g/mol. The van der Waals surface area contributed by atoms with Crippen molar-refractivity contribution in [2.24, 2.45) is 11.8 Å². The first-order valence-corrected chi connectivity index (χ1v) is 8.73. The molecule has 116 valence electrons. The van der Waals surface area contributed by atoms with Crippen LogP contribution in [0.3, 0.4) is 0 Å². The maximum absolute atomic E-state index is 12.7. The average molecular weight is 304 g/mol. The van der Waals surface area contributed by atoms with Crippen LogP contribution in [-0.2, 0) is 15.0 Å². The summed E-state index contributed by atoms with van der Waals surface area (Å²) in [5.41, 5.74) is 0. The lowest BCUT2D eigenvalue weighted by Gasteiger charge is -2.41. The summed E-state index contributed by atoms with van der Waals surface area (Å²) in [5, 5.41) is 9.09. The Hall–Kier alpha value is -0.660. The van der Waals surface area contributed by atoms with E-state index >= 15 is 0 Å². The van der Waals surface area contributed by atoms with Crippen LogP contribution in [0.15, 0.2) is 0 Å². The zero-order valence-electron chi connectivity index (χ0n) is 12.2. The van der Waals surface area contributed by atoms with E-state index in [1.807, 2.05) is 6.92 Å².